The van der Waals surface area contributed by atoms with Gasteiger partial charge in [0.25, 0.3) is 0 Å². The van der Waals surface area contributed by atoms with Crippen molar-refractivity contribution < 1.29 is 9.31 Å². The molecule has 0 bridgehead atoms. The van der Waals surface area contributed by atoms with Crippen LogP contribution >= 0.6 is 0 Å². The van der Waals surface area contributed by atoms with Crippen molar-refractivity contribution in [3.05, 3.63) is 12.1 Å². The quantitative estimate of drug-likeness (QED) is 0.463. The molecule has 0 N–H and O–H groups in total. The van der Waals surface area contributed by atoms with E-state index in [4.69, 9.17) is 9.31 Å². The zero-order valence-electron chi connectivity index (χ0n) is 4.96. The maximum Gasteiger partial charge on any atom is 0.485 e. The van der Waals surface area contributed by atoms with Gasteiger partial charge in [-0.05, 0) is 6.92 Å². The smallest absolute Gasteiger partial charge is 0.405 e. The first kappa shape index (κ1) is 5.85. The molecular formula is C5H9BO2. The Morgan fingerprint density at radius 3 is 2.50 bits per heavy atom. The van der Waals surface area contributed by atoms with Crippen molar-refractivity contribution >= 4 is 7.12 Å². The number of hydrogen-bond donors (Lipinski definition) is 0. The molecule has 0 unspecified atom stereocenters. The van der Waals surface area contributed by atoms with Gasteiger partial charge >= 0.3 is 7.12 Å². The lowest BCUT2D eigenvalue weighted by Crippen LogP contribution is -2.09. The molecule has 2 nitrogen and oxygen atoms in total. The van der Waals surface area contributed by atoms with Crippen molar-refractivity contribution in [2.75, 3.05) is 13.2 Å². The molecule has 0 amide bonds. The van der Waals surface area contributed by atoms with Gasteiger partial charge in [0, 0.05) is 0 Å². The fraction of sp³-hybridized carbons (Fsp3) is 0.600. The van der Waals surface area contributed by atoms with E-state index in [0.717, 1.165) is 13.2 Å². The average Bonchev–Trinajstić information content (AvgIpc) is 2.19. The fourth-order valence-corrected chi connectivity index (χ4v) is 0.645. The van der Waals surface area contributed by atoms with Crippen LogP contribution in [0.2, 0.25) is 0 Å². The Balaban J connectivity index is 2.24. The highest BCUT2D eigenvalue weighted by Crippen LogP contribution is 1.98. The predicted octanol–water partition coefficient (Wildman–Crippen LogP) is 0.637. The summed E-state index contributed by atoms with van der Waals surface area (Å²) < 4.78 is 10.2. The molecule has 0 atom stereocenters. The van der Waals surface area contributed by atoms with Gasteiger partial charge in [-0.15, -0.1) is 0 Å². The largest absolute Gasteiger partial charge is 0.485 e. The summed E-state index contributed by atoms with van der Waals surface area (Å²) in [7, 11) is -0.0694. The normalized spacial score (nSPS) is 20.9. The van der Waals surface area contributed by atoms with Gasteiger partial charge in [0.2, 0.25) is 0 Å². The maximum atomic E-state index is 5.08. The lowest BCUT2D eigenvalue weighted by Gasteiger charge is -1.91. The minimum absolute atomic E-state index is 0.0694. The minimum Gasteiger partial charge on any atom is -0.405 e. The Labute approximate surface area is 49.6 Å². The highest BCUT2D eigenvalue weighted by molar-refractivity contribution is 6.51. The lowest BCUT2D eigenvalue weighted by atomic mass is 9.91. The van der Waals surface area contributed by atoms with Crippen molar-refractivity contribution in [1.29, 1.82) is 0 Å². The number of rotatable bonds is 1. The van der Waals surface area contributed by atoms with Gasteiger partial charge in [0.05, 0.1) is 13.2 Å². The Bertz CT molecular complexity index is 86.4. The first-order chi connectivity index (χ1) is 3.93. The second kappa shape index (κ2) is 2.90. The molecule has 8 heavy (non-hydrogen) atoms. The van der Waals surface area contributed by atoms with E-state index < -0.39 is 0 Å². The van der Waals surface area contributed by atoms with Gasteiger partial charge in [-0.1, -0.05) is 12.1 Å². The monoisotopic (exact) mass is 112 g/mol. The molecule has 1 heterocycles. The SMILES string of the molecule is CC=CB1OCCO1. The van der Waals surface area contributed by atoms with Gasteiger partial charge in [0.1, 0.15) is 0 Å². The Morgan fingerprint density at radius 1 is 1.38 bits per heavy atom. The maximum absolute atomic E-state index is 5.08. The minimum atomic E-state index is -0.0694. The van der Waals surface area contributed by atoms with Crippen LogP contribution in [0.15, 0.2) is 12.1 Å². The molecule has 1 saturated heterocycles. The molecule has 0 aromatic rings. The molecule has 0 aromatic heterocycles. The summed E-state index contributed by atoms with van der Waals surface area (Å²) in [4.78, 5) is 0. The van der Waals surface area contributed by atoms with Crippen LogP contribution in [0, 0.1) is 0 Å². The first-order valence-corrected chi connectivity index (χ1v) is 2.79. The van der Waals surface area contributed by atoms with Crippen LogP contribution in [0.4, 0.5) is 0 Å². The number of hydrogen-bond acceptors (Lipinski definition) is 2. The molecule has 1 aliphatic heterocycles. The predicted molar refractivity (Wildman–Crippen MR) is 32.5 cm³/mol. The highest BCUT2D eigenvalue weighted by atomic mass is 16.6. The van der Waals surface area contributed by atoms with Gasteiger partial charge in [-0.3, -0.25) is 0 Å². The molecule has 3 heteroatoms. The molecule has 0 saturated carbocycles. The van der Waals surface area contributed by atoms with E-state index in [2.05, 4.69) is 0 Å². The van der Waals surface area contributed by atoms with Crippen LogP contribution in [0.25, 0.3) is 0 Å². The molecule has 0 aromatic carbocycles. The Morgan fingerprint density at radius 2 is 2.00 bits per heavy atom. The first-order valence-electron chi connectivity index (χ1n) is 2.79. The Hall–Kier alpha value is -0.275. The summed E-state index contributed by atoms with van der Waals surface area (Å²) in [5.74, 6) is 1.90. The third-order valence-electron chi connectivity index (χ3n) is 0.997. The molecule has 1 rings (SSSR count). The van der Waals surface area contributed by atoms with Crippen LogP contribution in [0.1, 0.15) is 6.92 Å². The van der Waals surface area contributed by atoms with E-state index in [-0.39, 0.29) is 7.12 Å². The third-order valence-corrected chi connectivity index (χ3v) is 0.997. The molecule has 1 fully saturated rings. The molecule has 1 aliphatic rings. The summed E-state index contributed by atoms with van der Waals surface area (Å²) >= 11 is 0. The van der Waals surface area contributed by atoms with Gasteiger partial charge in [0.15, 0.2) is 0 Å². The van der Waals surface area contributed by atoms with Gasteiger partial charge in [-0.25, -0.2) is 0 Å². The third kappa shape index (κ3) is 1.35. The number of allylic oxidation sites excluding steroid dienone is 1. The fourth-order valence-electron chi connectivity index (χ4n) is 0.645. The van der Waals surface area contributed by atoms with Crippen LogP contribution in [0.5, 0.6) is 0 Å². The van der Waals surface area contributed by atoms with Crippen LogP contribution in [-0.4, -0.2) is 20.3 Å². The molecule has 0 spiro atoms. The van der Waals surface area contributed by atoms with E-state index in [9.17, 15) is 0 Å². The second-order valence-electron chi connectivity index (χ2n) is 1.64. The standard InChI is InChI=1S/C5H9BO2/c1-2-3-6-7-4-5-8-6/h2-3H,4-5H2,1H3. The molecule has 0 radical (unpaired) electrons. The highest BCUT2D eigenvalue weighted by Gasteiger charge is 2.18. The van der Waals surface area contributed by atoms with E-state index in [1.54, 1.807) is 0 Å². The van der Waals surface area contributed by atoms with Crippen LogP contribution < -0.4 is 0 Å². The summed E-state index contributed by atoms with van der Waals surface area (Å²) in [6, 6.07) is 0. The molecule has 0 aliphatic carbocycles. The second-order valence-corrected chi connectivity index (χ2v) is 1.64. The van der Waals surface area contributed by atoms with E-state index >= 15 is 0 Å². The van der Waals surface area contributed by atoms with E-state index in [1.165, 1.54) is 0 Å². The topological polar surface area (TPSA) is 18.5 Å². The lowest BCUT2D eigenvalue weighted by molar-refractivity contribution is 0.365. The van der Waals surface area contributed by atoms with E-state index in [0.29, 0.717) is 0 Å². The van der Waals surface area contributed by atoms with E-state index in [1.807, 2.05) is 19.0 Å². The van der Waals surface area contributed by atoms with Crippen molar-refractivity contribution in [2.24, 2.45) is 0 Å². The zero-order chi connectivity index (χ0) is 5.82. The summed E-state index contributed by atoms with van der Waals surface area (Å²) in [6.45, 7) is 3.41. The summed E-state index contributed by atoms with van der Waals surface area (Å²) in [6.07, 6.45) is 1.93. The van der Waals surface area contributed by atoms with Crippen molar-refractivity contribution in [2.45, 2.75) is 6.92 Å². The summed E-state index contributed by atoms with van der Waals surface area (Å²) in [5, 5.41) is 0. The van der Waals surface area contributed by atoms with Crippen molar-refractivity contribution in [3.8, 4) is 0 Å². The van der Waals surface area contributed by atoms with Crippen molar-refractivity contribution in [3.63, 3.8) is 0 Å². The molecular weight excluding hydrogens is 103 g/mol. The summed E-state index contributed by atoms with van der Waals surface area (Å²) in [5.41, 5.74) is 0. The van der Waals surface area contributed by atoms with Gasteiger partial charge in [-0.2, -0.15) is 0 Å². The van der Waals surface area contributed by atoms with Crippen molar-refractivity contribution in [1.82, 2.24) is 0 Å². The molecule has 44 valence electrons. The van der Waals surface area contributed by atoms with Crippen LogP contribution in [-0.2, 0) is 9.31 Å². The van der Waals surface area contributed by atoms with Gasteiger partial charge < -0.3 is 9.31 Å². The Kier molecular flexibility index (Phi) is 2.12. The van der Waals surface area contributed by atoms with Crippen LogP contribution in [0.3, 0.4) is 0 Å². The zero-order valence-corrected chi connectivity index (χ0v) is 4.96. The average molecular weight is 112 g/mol.